The van der Waals surface area contributed by atoms with E-state index < -0.39 is 11.9 Å². The van der Waals surface area contributed by atoms with E-state index in [0.717, 1.165) is 32.7 Å². The Labute approximate surface area is 256 Å². The van der Waals surface area contributed by atoms with Gasteiger partial charge in [0.1, 0.15) is 6.29 Å². The smallest absolute Gasteiger partial charge is 0.317 e. The van der Waals surface area contributed by atoms with Gasteiger partial charge in [-0.05, 0) is 13.5 Å². The molecule has 0 radical (unpaired) electrons. The third-order valence-electron chi connectivity index (χ3n) is 6.99. The normalized spacial score (nSPS) is 16.3. The van der Waals surface area contributed by atoms with Gasteiger partial charge in [0.15, 0.2) is 0 Å². The molecule has 0 aromatic rings. The highest BCUT2D eigenvalue weighted by Gasteiger charge is 2.20. The summed E-state index contributed by atoms with van der Waals surface area (Å²) in [7, 11) is 2.90. The molecule has 0 aliphatic carbocycles. The summed E-state index contributed by atoms with van der Waals surface area (Å²) in [6, 6.07) is 0. The minimum atomic E-state index is -0.950. The Balaban J connectivity index is 0.00000862. The van der Waals surface area contributed by atoms with Crippen LogP contribution in [0.5, 0.6) is 0 Å². The molecule has 1 heterocycles. The number of carboxylic acid groups (broad SMARTS) is 2. The molecule has 0 atom stereocenters. The number of unbranched alkanes of at least 4 members (excludes halogenated alkanes) is 2. The van der Waals surface area contributed by atoms with Crippen molar-refractivity contribution >= 4 is 30.0 Å². The van der Waals surface area contributed by atoms with Crippen molar-refractivity contribution in [1.82, 2.24) is 35.1 Å². The quantitative estimate of drug-likeness (QED) is 0.0835. The number of hydrogen-bond donors (Lipinski definition) is 5. The maximum Gasteiger partial charge on any atom is 0.317 e. The highest BCUT2D eigenvalue weighted by atomic mass is 16.4. The monoisotopic (exact) mass is 617 g/mol. The van der Waals surface area contributed by atoms with Crippen molar-refractivity contribution in [2.45, 2.75) is 32.6 Å². The number of aliphatic carboxylic acids is 2. The van der Waals surface area contributed by atoms with E-state index in [2.05, 4.69) is 17.6 Å². The Morgan fingerprint density at radius 2 is 1.16 bits per heavy atom. The number of aldehydes is 1. The Morgan fingerprint density at radius 1 is 0.698 bits per heavy atom. The molecule has 0 aromatic heterocycles. The molecule has 43 heavy (non-hydrogen) atoms. The van der Waals surface area contributed by atoms with Gasteiger partial charge in [-0.25, -0.2) is 0 Å². The van der Waals surface area contributed by atoms with Crippen LogP contribution in [0.1, 0.15) is 32.6 Å². The van der Waals surface area contributed by atoms with Crippen LogP contribution in [-0.4, -0.2) is 189 Å². The van der Waals surface area contributed by atoms with Crippen molar-refractivity contribution in [2.75, 3.05) is 119 Å². The van der Waals surface area contributed by atoms with Crippen LogP contribution in [0.3, 0.4) is 0 Å². The Hall–Kier alpha value is -2.69. The van der Waals surface area contributed by atoms with Crippen LogP contribution < -0.4 is 10.6 Å². The van der Waals surface area contributed by atoms with E-state index >= 15 is 0 Å². The number of nitrogens with zero attached hydrogens (tertiary/aromatic N) is 5. The maximum atomic E-state index is 12.7. The number of rotatable bonds is 18. The number of carbonyl (C=O) groups excluding carboxylic acids is 3. The minimum absolute atomic E-state index is 0.0256. The Morgan fingerprint density at radius 3 is 1.63 bits per heavy atom. The van der Waals surface area contributed by atoms with Crippen molar-refractivity contribution in [3.05, 3.63) is 0 Å². The standard InChI is InChI=1S/C27H51N7O7.CH4O/c1-3-4-5-7-28-24(36)6-9-30(2)10-8-29-25(37)21-32-15-17-33(22-26(38)39)13-11-31(19-20-35)12-14-34(18-16-32)23-27(40)41;1-2/h20H,3-19,21-23H2,1-2H3,(H,28,36)(H,29,37)(H,38,39)(H,40,41);2H,1H3. The van der Waals surface area contributed by atoms with E-state index in [0.29, 0.717) is 85.0 Å². The first-order valence-corrected chi connectivity index (χ1v) is 15.1. The first kappa shape index (κ1) is 40.3. The molecule has 0 saturated carbocycles. The number of carboxylic acids is 2. The lowest BCUT2D eigenvalue weighted by molar-refractivity contribution is -0.139. The number of carbonyl (C=O) groups is 5. The van der Waals surface area contributed by atoms with Crippen molar-refractivity contribution in [3.8, 4) is 0 Å². The summed E-state index contributed by atoms with van der Waals surface area (Å²) in [5, 5.41) is 31.5. The lowest BCUT2D eigenvalue weighted by Crippen LogP contribution is -2.49. The van der Waals surface area contributed by atoms with Crippen LogP contribution in [0.25, 0.3) is 0 Å². The van der Waals surface area contributed by atoms with Crippen LogP contribution in [0.15, 0.2) is 0 Å². The third-order valence-corrected chi connectivity index (χ3v) is 6.99. The second-order valence-corrected chi connectivity index (χ2v) is 10.5. The van der Waals surface area contributed by atoms with Crippen LogP contribution in [-0.2, 0) is 24.0 Å². The number of likely N-dealkylation sites (N-methyl/N-ethyl adjacent to an activating group) is 1. The van der Waals surface area contributed by atoms with Gasteiger partial charge in [0.25, 0.3) is 0 Å². The van der Waals surface area contributed by atoms with Crippen molar-refractivity contribution < 1.29 is 39.3 Å². The number of aliphatic hydroxyl groups excluding tert-OH is 1. The minimum Gasteiger partial charge on any atom is -0.480 e. The highest BCUT2D eigenvalue weighted by molar-refractivity contribution is 5.78. The number of amides is 2. The fourth-order valence-electron chi connectivity index (χ4n) is 4.46. The van der Waals surface area contributed by atoms with Crippen LogP contribution in [0.2, 0.25) is 0 Å². The van der Waals surface area contributed by atoms with Crippen LogP contribution in [0.4, 0.5) is 0 Å². The summed E-state index contributed by atoms with van der Waals surface area (Å²) in [5.74, 6) is -2.05. The van der Waals surface area contributed by atoms with Gasteiger partial charge < -0.3 is 35.6 Å². The number of hydrogen-bond acceptors (Lipinski definition) is 11. The van der Waals surface area contributed by atoms with E-state index in [4.69, 9.17) is 5.11 Å². The first-order valence-electron chi connectivity index (χ1n) is 15.1. The lowest BCUT2D eigenvalue weighted by atomic mass is 10.2. The van der Waals surface area contributed by atoms with Crippen molar-refractivity contribution in [2.24, 2.45) is 0 Å². The molecule has 15 heteroatoms. The molecule has 0 bridgehead atoms. The summed E-state index contributed by atoms with van der Waals surface area (Å²) in [5.41, 5.74) is 0. The average Bonchev–Trinajstić information content (AvgIpc) is 2.96. The summed E-state index contributed by atoms with van der Waals surface area (Å²) in [4.78, 5) is 68.0. The van der Waals surface area contributed by atoms with Gasteiger partial charge in [-0.1, -0.05) is 19.8 Å². The Bertz CT molecular complexity index is 773. The molecule has 1 aliphatic rings. The molecule has 0 aromatic carbocycles. The molecular weight excluding hydrogens is 562 g/mol. The molecule has 1 rings (SSSR count). The SMILES string of the molecule is CCCCCNC(=O)CCN(C)CCNC(=O)CN1CCN(CC(=O)O)CCN(CC=O)CCN(CC(=O)O)CC1.CO. The third kappa shape index (κ3) is 22.5. The fraction of sp³-hybridized carbons (Fsp3) is 0.821. The van der Waals surface area contributed by atoms with Gasteiger partial charge in [0.05, 0.1) is 26.2 Å². The molecule has 0 spiro atoms. The van der Waals surface area contributed by atoms with Gasteiger partial charge >= 0.3 is 11.9 Å². The second-order valence-electron chi connectivity index (χ2n) is 10.5. The number of aliphatic hydroxyl groups is 1. The predicted octanol–water partition coefficient (Wildman–Crippen LogP) is -2.07. The van der Waals surface area contributed by atoms with Crippen LogP contribution in [0, 0.1) is 0 Å². The van der Waals surface area contributed by atoms with Gasteiger partial charge in [-0.2, -0.15) is 0 Å². The summed E-state index contributed by atoms with van der Waals surface area (Å²) in [6.45, 7) is 7.91. The molecular formula is C28H55N7O8. The van der Waals surface area contributed by atoms with Crippen molar-refractivity contribution in [3.63, 3.8) is 0 Å². The number of nitrogens with one attached hydrogen (secondary N) is 2. The van der Waals surface area contributed by atoms with Crippen LogP contribution >= 0.6 is 0 Å². The summed E-state index contributed by atoms with van der Waals surface area (Å²) >= 11 is 0. The maximum absolute atomic E-state index is 12.7. The van der Waals surface area contributed by atoms with E-state index in [1.54, 1.807) is 9.80 Å². The molecule has 250 valence electrons. The summed E-state index contributed by atoms with van der Waals surface area (Å²) < 4.78 is 0. The lowest BCUT2D eigenvalue weighted by Gasteiger charge is -2.32. The molecule has 1 aliphatic heterocycles. The van der Waals surface area contributed by atoms with Gasteiger partial charge in [0.2, 0.25) is 11.8 Å². The fourth-order valence-corrected chi connectivity index (χ4v) is 4.46. The largest absolute Gasteiger partial charge is 0.480 e. The van der Waals surface area contributed by atoms with E-state index in [9.17, 15) is 34.2 Å². The Kier molecular flexibility index (Phi) is 24.2. The van der Waals surface area contributed by atoms with Gasteiger partial charge in [0, 0.05) is 92.1 Å². The summed E-state index contributed by atoms with van der Waals surface area (Å²) in [6.07, 6.45) is 4.38. The molecule has 0 unspecified atom stereocenters. The average molecular weight is 618 g/mol. The molecule has 1 saturated heterocycles. The van der Waals surface area contributed by atoms with Crippen molar-refractivity contribution in [1.29, 1.82) is 0 Å². The molecule has 15 nitrogen and oxygen atoms in total. The first-order chi connectivity index (χ1) is 20.6. The van der Waals surface area contributed by atoms with E-state index in [-0.39, 0.29) is 38.0 Å². The zero-order chi connectivity index (χ0) is 32.5. The highest BCUT2D eigenvalue weighted by Crippen LogP contribution is 2.01. The van der Waals surface area contributed by atoms with Gasteiger partial charge in [-0.15, -0.1) is 0 Å². The molecule has 1 fully saturated rings. The molecule has 5 N–H and O–H groups in total. The van der Waals surface area contributed by atoms with E-state index in [1.807, 2.05) is 21.7 Å². The predicted molar refractivity (Wildman–Crippen MR) is 163 cm³/mol. The topological polar surface area (TPSA) is 186 Å². The zero-order valence-corrected chi connectivity index (χ0v) is 26.3. The van der Waals surface area contributed by atoms with Gasteiger partial charge in [-0.3, -0.25) is 38.8 Å². The second kappa shape index (κ2) is 25.8. The zero-order valence-electron chi connectivity index (χ0n) is 26.3. The molecule has 2 amide bonds. The van der Waals surface area contributed by atoms with E-state index in [1.165, 1.54) is 0 Å².